The quantitative estimate of drug-likeness (QED) is 0.145. The molecule has 41 heavy (non-hydrogen) atoms. The first-order valence-corrected chi connectivity index (χ1v) is 14.3. The average Bonchev–Trinajstić information content (AvgIpc) is 2.91. The summed E-state index contributed by atoms with van der Waals surface area (Å²) in [5, 5.41) is 3.23. The maximum atomic E-state index is 13.5. The monoisotopic (exact) mass is 673 g/mol. The molecule has 0 spiro atoms. The lowest BCUT2D eigenvalue weighted by Gasteiger charge is -2.25. The highest BCUT2D eigenvalue weighted by molar-refractivity contribution is 9.10. The maximum absolute atomic E-state index is 13.5. The number of aryl methyl sites for hydroxylation is 1. The van der Waals surface area contributed by atoms with Gasteiger partial charge < -0.3 is 9.47 Å². The zero-order chi connectivity index (χ0) is 30.4. The van der Waals surface area contributed by atoms with Crippen LogP contribution in [0.1, 0.15) is 16.7 Å². The second kappa shape index (κ2) is 13.4. The van der Waals surface area contributed by atoms with Crippen molar-refractivity contribution in [3.8, 4) is 11.5 Å². The number of carbonyl (C=O) groups is 1. The van der Waals surface area contributed by atoms with E-state index in [1.54, 1.807) is 25.1 Å². The molecule has 218 valence electrons. The Hall–Kier alpha value is -3.55. The molecule has 14 heteroatoms. The predicted octanol–water partition coefficient (Wildman–Crippen LogP) is 6.35. The van der Waals surface area contributed by atoms with Gasteiger partial charge in [-0.05, 0) is 70.9 Å². The van der Waals surface area contributed by atoms with Gasteiger partial charge in [-0.2, -0.15) is 18.3 Å². The minimum Gasteiger partial charge on any atom is -0.493 e. The Bertz CT molecular complexity index is 1570. The van der Waals surface area contributed by atoms with Crippen molar-refractivity contribution in [3.63, 3.8) is 0 Å². The molecule has 3 aromatic carbocycles. The summed E-state index contributed by atoms with van der Waals surface area (Å²) in [5.41, 5.74) is 1.78. The number of amides is 1. The molecule has 0 atom stereocenters. The van der Waals surface area contributed by atoms with Gasteiger partial charge in [-0.15, -0.1) is 0 Å². The van der Waals surface area contributed by atoms with Gasteiger partial charge in [0.25, 0.3) is 15.9 Å². The number of hydrazone groups is 1. The van der Waals surface area contributed by atoms with Crippen molar-refractivity contribution >= 4 is 55.4 Å². The Balaban J connectivity index is 1.91. The van der Waals surface area contributed by atoms with Gasteiger partial charge in [-0.25, -0.2) is 13.8 Å². The van der Waals surface area contributed by atoms with Crippen LogP contribution in [0.5, 0.6) is 11.5 Å². The third-order valence-corrected chi connectivity index (χ3v) is 8.15. The summed E-state index contributed by atoms with van der Waals surface area (Å²) in [6, 6.07) is 11.4. The van der Waals surface area contributed by atoms with Gasteiger partial charge in [-0.3, -0.25) is 9.10 Å². The van der Waals surface area contributed by atoms with Crippen molar-refractivity contribution in [1.82, 2.24) is 5.43 Å². The van der Waals surface area contributed by atoms with E-state index in [2.05, 4.69) is 33.0 Å². The molecule has 3 rings (SSSR count). The van der Waals surface area contributed by atoms with Crippen LogP contribution in [0, 0.1) is 6.92 Å². The molecule has 8 nitrogen and oxygen atoms in total. The third kappa shape index (κ3) is 8.02. The average molecular weight is 675 g/mol. The molecule has 0 fully saturated rings. The van der Waals surface area contributed by atoms with Crippen LogP contribution in [-0.2, 0) is 21.0 Å². The van der Waals surface area contributed by atoms with Crippen LogP contribution in [-0.4, -0.2) is 40.8 Å². The predicted molar refractivity (Wildman–Crippen MR) is 154 cm³/mol. The zero-order valence-corrected chi connectivity index (χ0v) is 24.9. The third-order valence-electron chi connectivity index (χ3n) is 5.44. The van der Waals surface area contributed by atoms with E-state index >= 15 is 0 Å². The Kier molecular flexibility index (Phi) is 10.5. The molecule has 0 radical (unpaired) electrons. The molecule has 0 saturated heterocycles. The van der Waals surface area contributed by atoms with Crippen molar-refractivity contribution in [2.75, 3.05) is 24.6 Å². The van der Waals surface area contributed by atoms with Gasteiger partial charge in [0.15, 0.2) is 11.5 Å². The van der Waals surface area contributed by atoms with Crippen LogP contribution in [0.2, 0.25) is 5.02 Å². The lowest BCUT2D eigenvalue weighted by Crippen LogP contribution is -2.39. The molecule has 1 N–H and O–H groups in total. The highest BCUT2D eigenvalue weighted by Gasteiger charge is 2.35. The summed E-state index contributed by atoms with van der Waals surface area (Å²) in [5.74, 6) is -0.128. The van der Waals surface area contributed by atoms with E-state index in [1.807, 2.05) is 0 Å². The van der Waals surface area contributed by atoms with Gasteiger partial charge in [0.1, 0.15) is 13.2 Å². The molecule has 0 saturated carbocycles. The van der Waals surface area contributed by atoms with Gasteiger partial charge in [0.2, 0.25) is 0 Å². The Morgan fingerprint density at radius 3 is 2.46 bits per heavy atom. The Morgan fingerprint density at radius 1 is 1.17 bits per heavy atom. The van der Waals surface area contributed by atoms with Crippen molar-refractivity contribution in [2.24, 2.45) is 5.10 Å². The van der Waals surface area contributed by atoms with Crippen LogP contribution >= 0.6 is 27.5 Å². The number of sulfonamides is 1. The summed E-state index contributed by atoms with van der Waals surface area (Å²) in [7, 11) is -3.04. The number of hydrogen-bond acceptors (Lipinski definition) is 6. The summed E-state index contributed by atoms with van der Waals surface area (Å²) >= 11 is 9.09. The fourth-order valence-corrected chi connectivity index (χ4v) is 5.69. The van der Waals surface area contributed by atoms with Gasteiger partial charge in [0, 0.05) is 0 Å². The lowest BCUT2D eigenvalue weighted by atomic mass is 10.2. The van der Waals surface area contributed by atoms with Crippen molar-refractivity contribution in [1.29, 1.82) is 0 Å². The number of carbonyl (C=O) groups excluding carboxylic acids is 1. The van der Waals surface area contributed by atoms with Crippen LogP contribution in [0.25, 0.3) is 0 Å². The molecule has 0 bridgehead atoms. The molecule has 0 heterocycles. The highest BCUT2D eigenvalue weighted by Crippen LogP contribution is 2.38. The Morgan fingerprint density at radius 2 is 1.85 bits per heavy atom. The van der Waals surface area contributed by atoms with E-state index in [-0.39, 0.29) is 11.5 Å². The first kappa shape index (κ1) is 32.0. The zero-order valence-electron chi connectivity index (χ0n) is 21.7. The van der Waals surface area contributed by atoms with Crippen LogP contribution in [0.3, 0.4) is 0 Å². The fraction of sp³-hybridized carbons (Fsp3) is 0.185. The van der Waals surface area contributed by atoms with E-state index in [0.29, 0.717) is 31.9 Å². The first-order valence-electron chi connectivity index (χ1n) is 11.7. The van der Waals surface area contributed by atoms with E-state index in [9.17, 15) is 26.4 Å². The van der Waals surface area contributed by atoms with E-state index in [4.69, 9.17) is 21.1 Å². The van der Waals surface area contributed by atoms with Crippen molar-refractivity contribution < 1.29 is 35.9 Å². The second-order valence-electron chi connectivity index (χ2n) is 8.41. The topological polar surface area (TPSA) is 97.3 Å². The number of ether oxygens (including phenoxy) is 2. The minimum absolute atomic E-state index is 0.224. The number of halogens is 5. The van der Waals surface area contributed by atoms with E-state index in [1.165, 1.54) is 37.6 Å². The summed E-state index contributed by atoms with van der Waals surface area (Å²) in [4.78, 5) is 12.6. The molecule has 0 unspecified atom stereocenters. The van der Waals surface area contributed by atoms with Gasteiger partial charge in [-0.1, -0.05) is 42.0 Å². The van der Waals surface area contributed by atoms with Gasteiger partial charge >= 0.3 is 6.18 Å². The van der Waals surface area contributed by atoms with Crippen LogP contribution < -0.4 is 19.2 Å². The van der Waals surface area contributed by atoms with Crippen LogP contribution in [0.15, 0.2) is 81.7 Å². The minimum atomic E-state index is -4.86. The van der Waals surface area contributed by atoms with Gasteiger partial charge in [0.05, 0.1) is 39.0 Å². The number of methoxy groups -OCH3 is 1. The lowest BCUT2D eigenvalue weighted by molar-refractivity contribution is -0.137. The van der Waals surface area contributed by atoms with E-state index < -0.39 is 44.9 Å². The molecule has 0 aromatic heterocycles. The van der Waals surface area contributed by atoms with Crippen molar-refractivity contribution in [2.45, 2.75) is 18.0 Å². The smallest absolute Gasteiger partial charge is 0.417 e. The van der Waals surface area contributed by atoms with Crippen molar-refractivity contribution in [3.05, 3.63) is 93.4 Å². The number of alkyl halides is 3. The SMILES string of the molecule is C=CCOc1c(Br)cc(/C=N\NC(=O)CN(c2ccc(Cl)c(C(F)(F)F)c2)S(=O)(=O)c2ccc(C)cc2)cc1OC. The normalized spacial score (nSPS) is 11.8. The maximum Gasteiger partial charge on any atom is 0.417 e. The number of rotatable bonds is 11. The number of benzene rings is 3. The Labute approximate surface area is 248 Å². The molecular weight excluding hydrogens is 651 g/mol. The second-order valence-corrected chi connectivity index (χ2v) is 11.5. The highest BCUT2D eigenvalue weighted by atomic mass is 79.9. The number of nitrogens with zero attached hydrogens (tertiary/aromatic N) is 2. The fourth-order valence-electron chi connectivity index (χ4n) is 3.48. The molecule has 1 amide bonds. The summed E-state index contributed by atoms with van der Waals surface area (Å²) < 4.78 is 79.6. The molecule has 3 aromatic rings. The van der Waals surface area contributed by atoms with E-state index in [0.717, 1.165) is 17.7 Å². The summed E-state index contributed by atoms with van der Waals surface area (Å²) in [6.45, 7) is 4.68. The number of nitrogens with one attached hydrogen (secondary N) is 1. The number of anilines is 1. The first-order chi connectivity index (χ1) is 19.3. The number of hydrogen-bond donors (Lipinski definition) is 1. The molecular formula is C27H24BrClF3N3O5S. The molecule has 0 aliphatic heterocycles. The van der Waals surface area contributed by atoms with Crippen LogP contribution in [0.4, 0.5) is 18.9 Å². The molecule has 0 aliphatic rings. The summed E-state index contributed by atoms with van der Waals surface area (Å²) in [6.07, 6.45) is -2.03. The largest absolute Gasteiger partial charge is 0.493 e. The standard InChI is InChI=1S/C27H24BrClF3N3O5S/c1-4-11-40-26-22(28)12-18(13-24(26)39-3)15-33-34-25(36)16-35(41(37,38)20-8-5-17(2)6-9-20)19-7-10-23(29)21(14-19)27(30,31)32/h4-10,12-15H,1,11,16H2,2-3H3,(H,34,36)/b33-15-. The molecule has 0 aliphatic carbocycles.